The maximum absolute atomic E-state index is 2.45. The molecule has 1 saturated carbocycles. The molecule has 1 fully saturated rings. The fourth-order valence-corrected chi connectivity index (χ4v) is 1.32. The topological polar surface area (TPSA) is 0 Å². The second kappa shape index (κ2) is 2.52. The van der Waals surface area contributed by atoms with Gasteiger partial charge in [-0.05, 0) is 24.7 Å². The van der Waals surface area contributed by atoms with Crippen molar-refractivity contribution in [2.24, 2.45) is 11.8 Å². The summed E-state index contributed by atoms with van der Waals surface area (Å²) in [6.45, 7) is 4.67. The Morgan fingerprint density at radius 3 is 2.50 bits per heavy atom. The number of rotatable bonds is 0. The summed E-state index contributed by atoms with van der Waals surface area (Å²) < 4.78 is 0. The van der Waals surface area contributed by atoms with E-state index in [1.54, 1.807) is 0 Å². The van der Waals surface area contributed by atoms with Crippen LogP contribution in [-0.2, 0) is 0 Å². The molecule has 0 N–H and O–H groups in total. The Labute approximate surface area is 52.3 Å². The van der Waals surface area contributed by atoms with E-state index in [9.17, 15) is 0 Å². The van der Waals surface area contributed by atoms with Crippen LogP contribution < -0.4 is 0 Å². The van der Waals surface area contributed by atoms with Crippen LogP contribution in [0.15, 0.2) is 0 Å². The first-order valence-electron chi connectivity index (χ1n) is 3.64. The lowest BCUT2D eigenvalue weighted by molar-refractivity contribution is 0.344. The van der Waals surface area contributed by atoms with Crippen LogP contribution in [0.4, 0.5) is 0 Å². The van der Waals surface area contributed by atoms with Crippen LogP contribution in [0.5, 0.6) is 0 Å². The predicted octanol–water partition coefficient (Wildman–Crippen LogP) is 2.65. The molecule has 0 nitrogen and oxygen atoms in total. The maximum Gasteiger partial charge on any atom is -0.0355 e. The van der Waals surface area contributed by atoms with Crippen molar-refractivity contribution in [2.75, 3.05) is 0 Å². The van der Waals surface area contributed by atoms with Gasteiger partial charge >= 0.3 is 0 Å². The standard InChI is InChI=1S/C8H15/c1-7-5-3-4-6-8(7)2/h5,7-8H,3-4,6H2,1-2H3. The predicted molar refractivity (Wildman–Crippen MR) is 36.5 cm³/mol. The van der Waals surface area contributed by atoms with E-state index < -0.39 is 0 Å². The van der Waals surface area contributed by atoms with E-state index in [1.165, 1.54) is 19.3 Å². The lowest BCUT2D eigenvalue weighted by Crippen LogP contribution is -2.13. The first-order chi connectivity index (χ1) is 3.80. The smallest absolute Gasteiger partial charge is 0.0355 e. The zero-order valence-electron chi connectivity index (χ0n) is 5.85. The highest BCUT2D eigenvalue weighted by Crippen LogP contribution is 2.27. The van der Waals surface area contributed by atoms with Crippen molar-refractivity contribution >= 4 is 0 Å². The lowest BCUT2D eigenvalue weighted by atomic mass is 9.82. The Morgan fingerprint density at radius 2 is 2.12 bits per heavy atom. The Bertz CT molecular complexity index is 56.4. The summed E-state index contributed by atoms with van der Waals surface area (Å²) in [5.74, 6) is 1.83. The van der Waals surface area contributed by atoms with Crippen LogP contribution in [-0.4, -0.2) is 0 Å². The van der Waals surface area contributed by atoms with Gasteiger partial charge in [0.1, 0.15) is 0 Å². The Kier molecular flexibility index (Phi) is 1.93. The second-order valence-corrected chi connectivity index (χ2v) is 3.00. The van der Waals surface area contributed by atoms with Crippen LogP contribution in [0.1, 0.15) is 33.1 Å². The lowest BCUT2D eigenvalue weighted by Gasteiger charge is -2.24. The summed E-state index contributed by atoms with van der Waals surface area (Å²) in [7, 11) is 0. The van der Waals surface area contributed by atoms with E-state index in [-0.39, 0.29) is 0 Å². The molecule has 1 aliphatic rings. The van der Waals surface area contributed by atoms with Gasteiger partial charge in [-0.1, -0.05) is 26.7 Å². The Balaban J connectivity index is 2.28. The van der Waals surface area contributed by atoms with Crippen molar-refractivity contribution in [1.29, 1.82) is 0 Å². The average Bonchev–Trinajstić information content (AvgIpc) is 1.77. The first-order valence-corrected chi connectivity index (χ1v) is 3.64. The van der Waals surface area contributed by atoms with Gasteiger partial charge in [0, 0.05) is 0 Å². The van der Waals surface area contributed by atoms with Crippen molar-refractivity contribution in [3.63, 3.8) is 0 Å². The maximum atomic E-state index is 2.45. The van der Waals surface area contributed by atoms with Gasteiger partial charge in [0.25, 0.3) is 0 Å². The van der Waals surface area contributed by atoms with Gasteiger partial charge in [0.15, 0.2) is 0 Å². The van der Waals surface area contributed by atoms with Gasteiger partial charge in [0.2, 0.25) is 0 Å². The minimum Gasteiger partial charge on any atom is -0.0622 e. The molecule has 0 amide bonds. The normalized spacial score (nSPS) is 39.8. The summed E-state index contributed by atoms with van der Waals surface area (Å²) in [5.41, 5.74) is 0. The van der Waals surface area contributed by atoms with E-state index in [1.807, 2.05) is 0 Å². The van der Waals surface area contributed by atoms with Crippen LogP contribution in [0.25, 0.3) is 0 Å². The highest BCUT2D eigenvalue weighted by atomic mass is 14.2. The molecule has 0 aromatic carbocycles. The summed E-state index contributed by atoms with van der Waals surface area (Å²) in [4.78, 5) is 0. The van der Waals surface area contributed by atoms with Crippen molar-refractivity contribution in [2.45, 2.75) is 33.1 Å². The van der Waals surface area contributed by atoms with E-state index in [0.29, 0.717) is 0 Å². The SMILES string of the molecule is CC1[CH]CCCC1C. The molecule has 1 aliphatic carbocycles. The summed E-state index contributed by atoms with van der Waals surface area (Å²) in [6, 6.07) is 0. The molecule has 2 atom stereocenters. The molecule has 0 saturated heterocycles. The largest absolute Gasteiger partial charge is 0.0622 e. The zero-order chi connectivity index (χ0) is 5.98. The fraction of sp³-hybridized carbons (Fsp3) is 0.875. The summed E-state index contributed by atoms with van der Waals surface area (Å²) in [6.07, 6.45) is 6.67. The molecule has 0 bridgehead atoms. The number of hydrogen-bond donors (Lipinski definition) is 0. The van der Waals surface area contributed by atoms with Crippen molar-refractivity contribution in [1.82, 2.24) is 0 Å². The third-order valence-corrected chi connectivity index (χ3v) is 2.30. The molecule has 0 heterocycles. The Morgan fingerprint density at radius 1 is 1.38 bits per heavy atom. The molecular formula is C8H15. The molecule has 8 heavy (non-hydrogen) atoms. The highest BCUT2D eigenvalue weighted by Gasteiger charge is 2.15. The van der Waals surface area contributed by atoms with Gasteiger partial charge in [0.05, 0.1) is 0 Å². The van der Waals surface area contributed by atoms with Crippen LogP contribution in [0.3, 0.4) is 0 Å². The van der Waals surface area contributed by atoms with Crippen molar-refractivity contribution in [3.8, 4) is 0 Å². The molecule has 0 aromatic rings. The van der Waals surface area contributed by atoms with E-state index >= 15 is 0 Å². The van der Waals surface area contributed by atoms with Gasteiger partial charge in [-0.3, -0.25) is 0 Å². The molecule has 0 aliphatic heterocycles. The van der Waals surface area contributed by atoms with Crippen LogP contribution in [0.2, 0.25) is 0 Å². The third-order valence-electron chi connectivity index (χ3n) is 2.30. The molecule has 1 radical (unpaired) electrons. The molecule has 1 rings (SSSR count). The second-order valence-electron chi connectivity index (χ2n) is 3.00. The Hall–Kier alpha value is 0. The molecule has 0 heteroatoms. The van der Waals surface area contributed by atoms with Crippen LogP contribution >= 0.6 is 0 Å². The zero-order valence-corrected chi connectivity index (χ0v) is 5.85. The quantitative estimate of drug-likeness (QED) is 0.451. The molecule has 0 spiro atoms. The van der Waals surface area contributed by atoms with Gasteiger partial charge < -0.3 is 0 Å². The molecule has 47 valence electrons. The number of hydrogen-bond acceptors (Lipinski definition) is 0. The average molecular weight is 111 g/mol. The van der Waals surface area contributed by atoms with Gasteiger partial charge in [-0.25, -0.2) is 0 Å². The van der Waals surface area contributed by atoms with E-state index in [0.717, 1.165) is 11.8 Å². The minimum absolute atomic E-state index is 0.878. The summed E-state index contributed by atoms with van der Waals surface area (Å²) >= 11 is 0. The molecular weight excluding hydrogens is 96.1 g/mol. The first kappa shape index (κ1) is 6.12. The highest BCUT2D eigenvalue weighted by molar-refractivity contribution is 4.81. The monoisotopic (exact) mass is 111 g/mol. The summed E-state index contributed by atoms with van der Waals surface area (Å²) in [5, 5.41) is 0. The third kappa shape index (κ3) is 1.24. The van der Waals surface area contributed by atoms with E-state index in [2.05, 4.69) is 20.3 Å². The van der Waals surface area contributed by atoms with Crippen molar-refractivity contribution in [3.05, 3.63) is 6.42 Å². The molecule has 2 unspecified atom stereocenters. The van der Waals surface area contributed by atoms with Gasteiger partial charge in [-0.2, -0.15) is 0 Å². The van der Waals surface area contributed by atoms with Crippen molar-refractivity contribution < 1.29 is 0 Å². The minimum atomic E-state index is 0.878. The fourth-order valence-electron chi connectivity index (χ4n) is 1.32. The molecule has 0 aromatic heterocycles. The van der Waals surface area contributed by atoms with E-state index in [4.69, 9.17) is 0 Å². The van der Waals surface area contributed by atoms with Gasteiger partial charge in [-0.15, -0.1) is 0 Å². The van der Waals surface area contributed by atoms with Crippen LogP contribution in [0, 0.1) is 18.3 Å².